The predicted molar refractivity (Wildman–Crippen MR) is 144 cm³/mol. The lowest BCUT2D eigenvalue weighted by Crippen LogP contribution is -2.48. The van der Waals surface area contributed by atoms with Gasteiger partial charge in [-0.15, -0.1) is 11.3 Å². The maximum absolute atomic E-state index is 13.3. The van der Waals surface area contributed by atoms with Gasteiger partial charge in [-0.05, 0) is 37.1 Å². The van der Waals surface area contributed by atoms with Crippen LogP contribution in [0.25, 0.3) is 10.4 Å². The van der Waals surface area contributed by atoms with Gasteiger partial charge in [0, 0.05) is 57.3 Å². The number of aryl methyl sites for hydroxylation is 1. The van der Waals surface area contributed by atoms with Crippen LogP contribution in [0.1, 0.15) is 38.4 Å². The van der Waals surface area contributed by atoms with Crippen molar-refractivity contribution < 1.29 is 14.7 Å². The Bertz CT molecular complexity index is 1080. The molecule has 2 fully saturated rings. The van der Waals surface area contributed by atoms with Crippen molar-refractivity contribution in [2.45, 2.75) is 52.8 Å². The molecule has 1 aromatic heterocycles. The molecule has 2 aliphatic rings. The van der Waals surface area contributed by atoms with Crippen molar-refractivity contribution in [1.29, 1.82) is 0 Å². The van der Waals surface area contributed by atoms with Crippen LogP contribution in [0.15, 0.2) is 23.7 Å². The average molecular weight is 514 g/mol. The second kappa shape index (κ2) is 11.3. The standard InChI is InChI=1S/C27H39N5O3S/c1-17(2)18(3)27(35)32-15-22(33)13-24(32)26(34)28-14-21-7-6-20(25-19(4)29-16-36-25)12-23(21)31-10-8-30(5)9-11-31/h6-7,12,16-18,22,24,33H,8-11,13-15H2,1-5H3,(H,28,34). The first-order chi connectivity index (χ1) is 17.2. The van der Waals surface area contributed by atoms with Gasteiger partial charge in [0.05, 0.1) is 22.2 Å². The number of hydrogen-bond donors (Lipinski definition) is 2. The van der Waals surface area contributed by atoms with Crippen LogP contribution in [0, 0.1) is 18.8 Å². The number of anilines is 1. The second-order valence-corrected chi connectivity index (χ2v) is 11.4. The molecule has 8 nitrogen and oxygen atoms in total. The lowest BCUT2D eigenvalue weighted by Gasteiger charge is -2.35. The molecule has 4 rings (SSSR count). The fourth-order valence-corrected chi connectivity index (χ4v) is 5.73. The van der Waals surface area contributed by atoms with Crippen molar-refractivity contribution in [2.24, 2.45) is 11.8 Å². The highest BCUT2D eigenvalue weighted by Crippen LogP contribution is 2.33. The minimum atomic E-state index is -0.674. The Labute approximate surface area is 218 Å². The lowest BCUT2D eigenvalue weighted by atomic mass is 9.96. The summed E-state index contributed by atoms with van der Waals surface area (Å²) in [5.41, 5.74) is 6.20. The number of carbonyl (C=O) groups is 2. The molecule has 3 atom stereocenters. The van der Waals surface area contributed by atoms with E-state index >= 15 is 0 Å². The number of hydrogen-bond acceptors (Lipinski definition) is 7. The summed E-state index contributed by atoms with van der Waals surface area (Å²) in [7, 11) is 2.14. The van der Waals surface area contributed by atoms with Gasteiger partial charge in [0.2, 0.25) is 11.8 Å². The summed E-state index contributed by atoms with van der Waals surface area (Å²) in [5, 5.41) is 13.3. The Morgan fingerprint density at radius 2 is 1.92 bits per heavy atom. The summed E-state index contributed by atoms with van der Waals surface area (Å²) >= 11 is 1.64. The van der Waals surface area contributed by atoms with E-state index in [-0.39, 0.29) is 36.6 Å². The van der Waals surface area contributed by atoms with Gasteiger partial charge in [-0.3, -0.25) is 9.59 Å². The fourth-order valence-electron chi connectivity index (χ4n) is 4.93. The molecule has 2 aliphatic heterocycles. The van der Waals surface area contributed by atoms with E-state index in [0.29, 0.717) is 6.54 Å². The Balaban J connectivity index is 1.53. The number of carbonyl (C=O) groups excluding carboxylic acids is 2. The van der Waals surface area contributed by atoms with Gasteiger partial charge < -0.3 is 25.1 Å². The predicted octanol–water partition coefficient (Wildman–Crippen LogP) is 2.74. The molecule has 2 saturated heterocycles. The van der Waals surface area contributed by atoms with Gasteiger partial charge in [0.15, 0.2) is 0 Å². The van der Waals surface area contributed by atoms with Gasteiger partial charge in [-0.1, -0.05) is 32.9 Å². The molecule has 0 saturated carbocycles. The number of nitrogens with zero attached hydrogens (tertiary/aromatic N) is 4. The van der Waals surface area contributed by atoms with E-state index in [9.17, 15) is 14.7 Å². The molecule has 36 heavy (non-hydrogen) atoms. The smallest absolute Gasteiger partial charge is 0.243 e. The zero-order valence-corrected chi connectivity index (χ0v) is 22.8. The van der Waals surface area contributed by atoms with Crippen LogP contribution in [0.5, 0.6) is 0 Å². The first kappa shape index (κ1) is 26.6. The normalized spacial score (nSPS) is 21.8. The van der Waals surface area contributed by atoms with Gasteiger partial charge in [-0.25, -0.2) is 4.98 Å². The summed E-state index contributed by atoms with van der Waals surface area (Å²) in [4.78, 5) is 38.1. The van der Waals surface area contributed by atoms with Crippen LogP contribution < -0.4 is 10.2 Å². The Morgan fingerprint density at radius 1 is 1.19 bits per heavy atom. The third kappa shape index (κ3) is 5.74. The van der Waals surface area contributed by atoms with E-state index in [1.54, 1.807) is 16.2 Å². The molecule has 9 heteroatoms. The number of amides is 2. The highest BCUT2D eigenvalue weighted by molar-refractivity contribution is 7.13. The average Bonchev–Trinajstić information content (AvgIpc) is 3.47. The summed E-state index contributed by atoms with van der Waals surface area (Å²) in [6.07, 6.45) is -0.399. The largest absolute Gasteiger partial charge is 0.391 e. The molecule has 2 amide bonds. The van der Waals surface area contributed by atoms with Crippen LogP contribution in [0.2, 0.25) is 0 Å². The summed E-state index contributed by atoms with van der Waals surface area (Å²) in [5.74, 6) is -0.297. The van der Waals surface area contributed by atoms with Crippen LogP contribution in [0.4, 0.5) is 5.69 Å². The molecule has 196 valence electrons. The van der Waals surface area contributed by atoms with Gasteiger partial charge in [0.1, 0.15) is 6.04 Å². The SMILES string of the molecule is Cc1ncsc1-c1ccc(CNC(=O)C2CC(O)CN2C(=O)C(C)C(C)C)c(N2CCN(C)CC2)c1. The number of β-amino-alcohol motifs (C(OH)–C–C–N with tert-alkyl or cyclic N) is 1. The Morgan fingerprint density at radius 3 is 2.56 bits per heavy atom. The molecule has 2 aromatic rings. The molecular weight excluding hydrogens is 474 g/mol. The summed E-state index contributed by atoms with van der Waals surface area (Å²) in [6.45, 7) is 12.3. The molecule has 2 N–H and O–H groups in total. The Hall–Kier alpha value is -2.49. The van der Waals surface area contributed by atoms with E-state index in [0.717, 1.165) is 53.6 Å². The molecule has 0 spiro atoms. The van der Waals surface area contributed by atoms with E-state index in [1.165, 1.54) is 0 Å². The number of nitrogens with one attached hydrogen (secondary N) is 1. The molecule has 0 aliphatic carbocycles. The number of aliphatic hydroxyl groups excluding tert-OH is 1. The van der Waals surface area contributed by atoms with Crippen molar-refractivity contribution in [3.8, 4) is 10.4 Å². The minimum absolute atomic E-state index is 0.0656. The lowest BCUT2D eigenvalue weighted by molar-refractivity contribution is -0.142. The number of likely N-dealkylation sites (N-methyl/N-ethyl adjacent to an activating group) is 1. The third-order valence-corrected chi connectivity index (χ3v) is 8.62. The maximum atomic E-state index is 13.3. The van der Waals surface area contributed by atoms with Crippen LogP contribution in [-0.2, 0) is 16.1 Å². The number of aliphatic hydroxyl groups is 1. The van der Waals surface area contributed by atoms with Crippen molar-refractivity contribution >= 4 is 28.8 Å². The molecule has 0 radical (unpaired) electrons. The van der Waals surface area contributed by atoms with E-state index in [4.69, 9.17) is 0 Å². The number of aromatic nitrogens is 1. The van der Waals surface area contributed by atoms with E-state index < -0.39 is 12.1 Å². The van der Waals surface area contributed by atoms with Crippen molar-refractivity contribution in [1.82, 2.24) is 20.1 Å². The quantitative estimate of drug-likeness (QED) is 0.592. The van der Waals surface area contributed by atoms with Gasteiger partial charge >= 0.3 is 0 Å². The zero-order chi connectivity index (χ0) is 26.0. The highest BCUT2D eigenvalue weighted by Gasteiger charge is 2.40. The number of benzene rings is 1. The molecular formula is C27H39N5O3S. The molecule has 3 heterocycles. The van der Waals surface area contributed by atoms with E-state index in [1.807, 2.05) is 33.2 Å². The van der Waals surface area contributed by atoms with Crippen LogP contribution in [-0.4, -0.2) is 83.6 Å². The van der Waals surface area contributed by atoms with Crippen molar-refractivity contribution in [3.05, 3.63) is 35.0 Å². The van der Waals surface area contributed by atoms with Gasteiger partial charge in [-0.2, -0.15) is 0 Å². The highest BCUT2D eigenvalue weighted by atomic mass is 32.1. The molecule has 3 unspecified atom stereocenters. The maximum Gasteiger partial charge on any atom is 0.243 e. The fraction of sp³-hybridized carbons (Fsp3) is 0.593. The monoisotopic (exact) mass is 513 g/mol. The van der Waals surface area contributed by atoms with E-state index in [2.05, 4.69) is 45.3 Å². The zero-order valence-electron chi connectivity index (χ0n) is 22.0. The molecule has 0 bridgehead atoms. The van der Waals surface area contributed by atoms with Crippen LogP contribution >= 0.6 is 11.3 Å². The van der Waals surface area contributed by atoms with Crippen LogP contribution in [0.3, 0.4) is 0 Å². The van der Waals surface area contributed by atoms with Crippen molar-refractivity contribution in [3.63, 3.8) is 0 Å². The minimum Gasteiger partial charge on any atom is -0.391 e. The third-order valence-electron chi connectivity index (χ3n) is 7.64. The number of rotatable bonds is 7. The molecule has 1 aromatic carbocycles. The van der Waals surface area contributed by atoms with Gasteiger partial charge in [0.25, 0.3) is 0 Å². The Kier molecular flexibility index (Phi) is 8.32. The summed E-state index contributed by atoms with van der Waals surface area (Å²) < 4.78 is 0. The summed E-state index contributed by atoms with van der Waals surface area (Å²) in [6, 6.07) is 5.77. The second-order valence-electron chi connectivity index (χ2n) is 10.5. The number of piperazine rings is 1. The first-order valence-electron chi connectivity index (χ1n) is 12.9. The first-order valence-corrected chi connectivity index (χ1v) is 13.8. The van der Waals surface area contributed by atoms with Crippen molar-refractivity contribution in [2.75, 3.05) is 44.7 Å². The number of thiazole rings is 1. The topological polar surface area (TPSA) is 89.0 Å². The number of likely N-dealkylation sites (tertiary alicyclic amines) is 1.